The zero-order chi connectivity index (χ0) is 13.1. The lowest BCUT2D eigenvalue weighted by molar-refractivity contribution is -0.0269. The molecule has 0 radical (unpaired) electrons. The average Bonchev–Trinajstić information content (AvgIpc) is 2.26. The van der Waals surface area contributed by atoms with Gasteiger partial charge in [0.2, 0.25) is 0 Å². The molecule has 0 aliphatic heterocycles. The van der Waals surface area contributed by atoms with Crippen molar-refractivity contribution in [1.29, 1.82) is 0 Å². The largest absolute Gasteiger partial charge is 0.490 e. The van der Waals surface area contributed by atoms with Gasteiger partial charge in [0.25, 0.3) is 0 Å². The van der Waals surface area contributed by atoms with Crippen LogP contribution in [-0.4, -0.2) is 17.3 Å². The van der Waals surface area contributed by atoms with Gasteiger partial charge in [-0.15, -0.1) is 0 Å². The second-order valence-electron chi connectivity index (χ2n) is 5.13. The summed E-state index contributed by atoms with van der Waals surface area (Å²) in [5.74, 6) is 0.897. The lowest BCUT2D eigenvalue weighted by Gasteiger charge is -2.28. The summed E-state index contributed by atoms with van der Waals surface area (Å²) >= 11 is 0. The first kappa shape index (κ1) is 14.0. The molecule has 0 spiro atoms. The quantitative estimate of drug-likeness (QED) is 0.827. The molecule has 0 aliphatic carbocycles. The van der Waals surface area contributed by atoms with Crippen LogP contribution in [0.1, 0.15) is 39.3 Å². The second-order valence-corrected chi connectivity index (χ2v) is 5.13. The fourth-order valence-corrected chi connectivity index (χ4v) is 1.38. The summed E-state index contributed by atoms with van der Waals surface area (Å²) in [5, 5.41) is 10.1. The van der Waals surface area contributed by atoms with Crippen LogP contribution in [0.25, 0.3) is 0 Å². The molecule has 3 heteroatoms. The van der Waals surface area contributed by atoms with E-state index in [2.05, 4.69) is 0 Å². The van der Waals surface area contributed by atoms with Crippen molar-refractivity contribution in [3.63, 3.8) is 0 Å². The minimum atomic E-state index is -0.828. The second kappa shape index (κ2) is 5.52. The maximum absolute atomic E-state index is 10.1. The van der Waals surface area contributed by atoms with E-state index in [4.69, 9.17) is 10.5 Å². The number of hydrogen-bond donors (Lipinski definition) is 2. The Labute approximate surface area is 104 Å². The van der Waals surface area contributed by atoms with Gasteiger partial charge in [0.15, 0.2) is 0 Å². The molecule has 0 heterocycles. The lowest BCUT2D eigenvalue weighted by atomic mass is 9.94. The predicted octanol–water partition coefficient (Wildman–Crippen LogP) is 2.49. The zero-order valence-electron chi connectivity index (χ0n) is 11.1. The van der Waals surface area contributed by atoms with Crippen LogP contribution in [0, 0.1) is 5.92 Å². The van der Waals surface area contributed by atoms with Crippen molar-refractivity contribution in [3.8, 4) is 5.75 Å². The van der Waals surface area contributed by atoms with Gasteiger partial charge >= 0.3 is 0 Å². The van der Waals surface area contributed by atoms with E-state index in [9.17, 15) is 5.11 Å². The molecule has 1 rings (SSSR count). The first-order valence-electron chi connectivity index (χ1n) is 6.04. The molecule has 0 aliphatic rings. The fraction of sp³-hybridized carbons (Fsp3) is 0.571. The topological polar surface area (TPSA) is 55.5 Å². The zero-order valence-corrected chi connectivity index (χ0v) is 11.1. The maximum atomic E-state index is 10.1. The molecule has 3 N–H and O–H groups in total. The van der Waals surface area contributed by atoms with Gasteiger partial charge in [-0.1, -0.05) is 32.0 Å². The molecule has 96 valence electrons. The minimum Gasteiger partial charge on any atom is -0.490 e. The molecule has 1 aromatic carbocycles. The van der Waals surface area contributed by atoms with E-state index in [1.54, 1.807) is 6.92 Å². The van der Waals surface area contributed by atoms with E-state index in [1.807, 2.05) is 45.0 Å². The highest BCUT2D eigenvalue weighted by molar-refractivity contribution is 5.35. The van der Waals surface area contributed by atoms with Crippen molar-refractivity contribution in [1.82, 2.24) is 0 Å². The summed E-state index contributed by atoms with van der Waals surface area (Å²) in [7, 11) is 0. The van der Waals surface area contributed by atoms with Gasteiger partial charge in [-0.05, 0) is 25.8 Å². The summed E-state index contributed by atoms with van der Waals surface area (Å²) in [4.78, 5) is 0. The van der Waals surface area contributed by atoms with Crippen molar-refractivity contribution in [2.45, 2.75) is 39.3 Å². The Kier molecular flexibility index (Phi) is 4.54. The van der Waals surface area contributed by atoms with Gasteiger partial charge in [-0.3, -0.25) is 0 Å². The Hall–Kier alpha value is -1.06. The molecule has 1 unspecified atom stereocenters. The minimum absolute atomic E-state index is 0.0739. The predicted molar refractivity (Wildman–Crippen MR) is 70.0 cm³/mol. The Balaban J connectivity index is 2.76. The normalized spacial score (nSPS) is 16.6. The van der Waals surface area contributed by atoms with Gasteiger partial charge in [-0.2, -0.15) is 0 Å². The lowest BCUT2D eigenvalue weighted by Crippen LogP contribution is -2.38. The Bertz CT molecular complexity index is 359. The van der Waals surface area contributed by atoms with E-state index in [0.29, 0.717) is 0 Å². The number of aliphatic hydroxyl groups is 1. The van der Waals surface area contributed by atoms with E-state index >= 15 is 0 Å². The van der Waals surface area contributed by atoms with Crippen LogP contribution >= 0.6 is 0 Å². The molecule has 0 bridgehead atoms. The highest BCUT2D eigenvalue weighted by Crippen LogP contribution is 2.25. The molecule has 0 fully saturated rings. The monoisotopic (exact) mass is 237 g/mol. The molecule has 2 atom stereocenters. The van der Waals surface area contributed by atoms with E-state index in [-0.39, 0.29) is 18.6 Å². The number of benzene rings is 1. The summed E-state index contributed by atoms with van der Waals surface area (Å²) in [6, 6.07) is 7.60. The number of para-hydroxylation sites is 1. The van der Waals surface area contributed by atoms with Crippen molar-refractivity contribution in [2.24, 2.45) is 11.7 Å². The van der Waals surface area contributed by atoms with Crippen molar-refractivity contribution < 1.29 is 9.84 Å². The Morgan fingerprint density at radius 3 is 2.41 bits per heavy atom. The van der Waals surface area contributed by atoms with E-state index < -0.39 is 5.60 Å². The third-order valence-electron chi connectivity index (χ3n) is 3.17. The molecule has 0 aromatic heterocycles. The molecule has 3 nitrogen and oxygen atoms in total. The Morgan fingerprint density at radius 2 is 1.88 bits per heavy atom. The van der Waals surface area contributed by atoms with E-state index in [0.717, 1.165) is 11.3 Å². The van der Waals surface area contributed by atoms with Gasteiger partial charge < -0.3 is 15.6 Å². The first-order valence-corrected chi connectivity index (χ1v) is 6.04. The molecule has 0 amide bonds. The van der Waals surface area contributed by atoms with Crippen LogP contribution in [0.3, 0.4) is 0 Å². The number of ether oxygens (including phenoxy) is 1. The maximum Gasteiger partial charge on any atom is 0.124 e. The smallest absolute Gasteiger partial charge is 0.124 e. The molecule has 1 aromatic rings. The first-order chi connectivity index (χ1) is 7.84. The molecule has 0 saturated carbocycles. The summed E-state index contributed by atoms with van der Waals surface area (Å²) in [5.41, 5.74) is 6.01. The van der Waals surface area contributed by atoms with Crippen molar-refractivity contribution in [3.05, 3.63) is 29.8 Å². The van der Waals surface area contributed by atoms with E-state index in [1.165, 1.54) is 0 Å². The highest BCUT2D eigenvalue weighted by atomic mass is 16.5. The average molecular weight is 237 g/mol. The third-order valence-corrected chi connectivity index (χ3v) is 3.17. The molecular weight excluding hydrogens is 214 g/mol. The summed E-state index contributed by atoms with van der Waals surface area (Å²) in [6.07, 6.45) is 0. The SMILES string of the molecule is CC(C)C(C)(O)COc1ccccc1[C@@H](C)N. The molecule has 0 saturated heterocycles. The van der Waals surface area contributed by atoms with Crippen LogP contribution in [0.5, 0.6) is 5.75 Å². The van der Waals surface area contributed by atoms with Crippen LogP contribution in [0.4, 0.5) is 0 Å². The number of rotatable bonds is 5. The van der Waals surface area contributed by atoms with Gasteiger partial charge in [0.05, 0.1) is 5.60 Å². The number of nitrogens with two attached hydrogens (primary N) is 1. The van der Waals surface area contributed by atoms with Gasteiger partial charge in [0, 0.05) is 11.6 Å². The standard InChI is InChI=1S/C14H23NO2/c1-10(2)14(4,16)9-17-13-8-6-5-7-12(13)11(3)15/h5-8,10-11,16H,9,15H2,1-4H3/t11-,14?/m1/s1. The van der Waals surface area contributed by atoms with Crippen LogP contribution in [-0.2, 0) is 0 Å². The van der Waals surface area contributed by atoms with Crippen LogP contribution < -0.4 is 10.5 Å². The Morgan fingerprint density at radius 1 is 1.29 bits per heavy atom. The molecular formula is C14H23NO2. The van der Waals surface area contributed by atoms with Crippen LogP contribution in [0.2, 0.25) is 0 Å². The van der Waals surface area contributed by atoms with Crippen LogP contribution in [0.15, 0.2) is 24.3 Å². The van der Waals surface area contributed by atoms with Crippen molar-refractivity contribution in [2.75, 3.05) is 6.61 Å². The van der Waals surface area contributed by atoms with Crippen molar-refractivity contribution >= 4 is 0 Å². The number of hydrogen-bond acceptors (Lipinski definition) is 3. The summed E-state index contributed by atoms with van der Waals surface area (Å²) in [6.45, 7) is 7.92. The summed E-state index contributed by atoms with van der Waals surface area (Å²) < 4.78 is 5.69. The fourth-order valence-electron chi connectivity index (χ4n) is 1.38. The highest BCUT2D eigenvalue weighted by Gasteiger charge is 2.26. The van der Waals surface area contributed by atoms with Gasteiger partial charge in [0.1, 0.15) is 12.4 Å². The molecule has 17 heavy (non-hydrogen) atoms. The van der Waals surface area contributed by atoms with Gasteiger partial charge in [-0.25, -0.2) is 0 Å². The third kappa shape index (κ3) is 3.72.